The van der Waals surface area contributed by atoms with Gasteiger partial charge in [0.2, 0.25) is 0 Å². The second-order valence-corrected chi connectivity index (χ2v) is 10.2. The number of nitrogens with one attached hydrogen (secondary N) is 1. The molecule has 35 heavy (non-hydrogen) atoms. The molecule has 4 aromatic rings. The minimum atomic E-state index is -0.413. The third-order valence-corrected chi connectivity index (χ3v) is 8.17. The van der Waals surface area contributed by atoms with Gasteiger partial charge in [0, 0.05) is 20.8 Å². The number of pyridine rings is 1. The molecule has 7 heteroatoms. The summed E-state index contributed by atoms with van der Waals surface area (Å²) < 4.78 is 5.09. The maximum atomic E-state index is 13.7. The first-order valence-corrected chi connectivity index (χ1v) is 12.9. The number of nitrogens with zero attached hydrogens (tertiary/aromatic N) is 1. The molecule has 0 radical (unpaired) electrons. The zero-order valence-electron chi connectivity index (χ0n) is 19.6. The predicted molar refractivity (Wildman–Crippen MR) is 142 cm³/mol. The Morgan fingerprint density at radius 1 is 1.17 bits per heavy atom. The lowest BCUT2D eigenvalue weighted by molar-refractivity contribution is 0.0601. The number of hydrogen-bond acceptors (Lipinski definition) is 5. The molecule has 0 saturated heterocycles. The first-order chi connectivity index (χ1) is 17.0. The molecule has 5 rings (SSSR count). The summed E-state index contributed by atoms with van der Waals surface area (Å²) in [6.07, 6.45) is 3.87. The molecular weight excluding hydrogens is 480 g/mol. The molecule has 1 aliphatic carbocycles. The first kappa shape index (κ1) is 23.5. The van der Waals surface area contributed by atoms with Crippen molar-refractivity contribution in [2.75, 3.05) is 12.4 Å². The highest BCUT2D eigenvalue weighted by molar-refractivity contribution is 7.17. The Bertz CT molecular complexity index is 1450. The highest BCUT2D eigenvalue weighted by atomic mass is 35.5. The number of thiophene rings is 1. The van der Waals surface area contributed by atoms with E-state index in [1.165, 1.54) is 18.4 Å². The maximum Gasteiger partial charge on any atom is 0.341 e. The van der Waals surface area contributed by atoms with Gasteiger partial charge >= 0.3 is 5.97 Å². The Kier molecular flexibility index (Phi) is 6.58. The molecule has 0 spiro atoms. The standard InChI is InChI=1S/C28H25ClN2O3S/c1-3-16-12-13-19-24(14-16)35-27(25(19)28(33)34-2)31-26(32)20-15-23(18-9-4-6-10-21(18)29)30-22-11-7-5-8-17(20)22/h4-11,15-16H,3,12-14H2,1-2H3,(H,31,32)/t16-/m1/s1. The van der Waals surface area contributed by atoms with Gasteiger partial charge in [-0.15, -0.1) is 11.3 Å². The van der Waals surface area contributed by atoms with Gasteiger partial charge in [-0.25, -0.2) is 9.78 Å². The van der Waals surface area contributed by atoms with Crippen molar-refractivity contribution < 1.29 is 14.3 Å². The van der Waals surface area contributed by atoms with Crippen LogP contribution in [0.1, 0.15) is 50.9 Å². The quantitative estimate of drug-likeness (QED) is 0.292. The summed E-state index contributed by atoms with van der Waals surface area (Å²) in [6.45, 7) is 2.19. The van der Waals surface area contributed by atoms with E-state index in [-0.39, 0.29) is 5.91 Å². The van der Waals surface area contributed by atoms with Crippen LogP contribution in [0.4, 0.5) is 5.00 Å². The Morgan fingerprint density at radius 2 is 1.94 bits per heavy atom. The summed E-state index contributed by atoms with van der Waals surface area (Å²) >= 11 is 7.92. The van der Waals surface area contributed by atoms with Crippen LogP contribution in [0.5, 0.6) is 0 Å². The zero-order valence-corrected chi connectivity index (χ0v) is 21.1. The van der Waals surface area contributed by atoms with Gasteiger partial charge in [-0.05, 0) is 48.9 Å². The van der Waals surface area contributed by atoms with Crippen LogP contribution < -0.4 is 5.32 Å². The number of aromatic nitrogens is 1. The van der Waals surface area contributed by atoms with Crippen molar-refractivity contribution in [3.05, 3.63) is 81.2 Å². The second-order valence-electron chi connectivity index (χ2n) is 8.72. The minimum Gasteiger partial charge on any atom is -0.465 e. The molecule has 5 nitrogen and oxygen atoms in total. The third kappa shape index (κ3) is 4.44. The normalized spacial score (nSPS) is 15.0. The van der Waals surface area contributed by atoms with E-state index in [9.17, 15) is 9.59 Å². The van der Waals surface area contributed by atoms with Crippen LogP contribution in [0.2, 0.25) is 5.02 Å². The second kappa shape index (κ2) is 9.80. The largest absolute Gasteiger partial charge is 0.465 e. The van der Waals surface area contributed by atoms with E-state index in [4.69, 9.17) is 21.3 Å². The number of hydrogen-bond donors (Lipinski definition) is 1. The smallest absolute Gasteiger partial charge is 0.341 e. The van der Waals surface area contributed by atoms with Gasteiger partial charge < -0.3 is 10.1 Å². The van der Waals surface area contributed by atoms with Crippen LogP contribution in [0.15, 0.2) is 54.6 Å². The number of methoxy groups -OCH3 is 1. The molecule has 2 heterocycles. The number of carbonyl (C=O) groups is 2. The van der Waals surface area contributed by atoms with E-state index in [2.05, 4.69) is 12.2 Å². The highest BCUT2D eigenvalue weighted by Crippen LogP contribution is 2.41. The minimum absolute atomic E-state index is 0.298. The number of ether oxygens (including phenoxy) is 1. The zero-order chi connectivity index (χ0) is 24.5. The topological polar surface area (TPSA) is 68.3 Å². The summed E-state index contributed by atoms with van der Waals surface area (Å²) in [6, 6.07) is 16.7. The molecule has 0 saturated carbocycles. The van der Waals surface area contributed by atoms with Gasteiger partial charge in [0.25, 0.3) is 5.91 Å². The van der Waals surface area contributed by atoms with E-state index in [1.54, 1.807) is 12.1 Å². The summed E-state index contributed by atoms with van der Waals surface area (Å²) in [5, 5.41) is 4.87. The van der Waals surface area contributed by atoms with E-state index in [1.807, 2.05) is 42.5 Å². The van der Waals surface area contributed by atoms with Crippen molar-refractivity contribution in [2.45, 2.75) is 32.6 Å². The van der Waals surface area contributed by atoms with Crippen molar-refractivity contribution in [1.29, 1.82) is 0 Å². The molecule has 1 N–H and O–H groups in total. The predicted octanol–water partition coefficient (Wildman–Crippen LogP) is 7.17. The van der Waals surface area contributed by atoms with Crippen LogP contribution in [0.25, 0.3) is 22.2 Å². The lowest BCUT2D eigenvalue weighted by atomic mass is 9.85. The maximum absolute atomic E-state index is 13.7. The van der Waals surface area contributed by atoms with Gasteiger partial charge in [-0.3, -0.25) is 4.79 Å². The number of rotatable bonds is 5. The van der Waals surface area contributed by atoms with Crippen LogP contribution in [0.3, 0.4) is 0 Å². The number of esters is 1. The van der Waals surface area contributed by atoms with Crippen molar-refractivity contribution in [3.8, 4) is 11.3 Å². The molecule has 0 fully saturated rings. The number of amides is 1. The number of para-hydroxylation sites is 1. The molecule has 1 amide bonds. The summed E-state index contributed by atoms with van der Waals surface area (Å²) in [4.78, 5) is 32.3. The van der Waals surface area contributed by atoms with Gasteiger partial charge in [-0.2, -0.15) is 0 Å². The Balaban J connectivity index is 1.59. The lowest BCUT2D eigenvalue weighted by Gasteiger charge is -2.20. The average molecular weight is 505 g/mol. The van der Waals surface area contributed by atoms with Gasteiger partial charge in [0.15, 0.2) is 0 Å². The van der Waals surface area contributed by atoms with E-state index in [0.717, 1.165) is 47.1 Å². The number of halogens is 1. The number of benzene rings is 2. The third-order valence-electron chi connectivity index (χ3n) is 6.67. The molecule has 178 valence electrons. The Morgan fingerprint density at radius 3 is 2.71 bits per heavy atom. The fraction of sp³-hybridized carbons (Fsp3) is 0.250. The fourth-order valence-electron chi connectivity index (χ4n) is 4.75. The van der Waals surface area contributed by atoms with Gasteiger partial charge in [0.1, 0.15) is 5.00 Å². The fourth-order valence-corrected chi connectivity index (χ4v) is 6.33. The monoisotopic (exact) mass is 504 g/mol. The van der Waals surface area contributed by atoms with Crippen LogP contribution in [-0.2, 0) is 17.6 Å². The summed E-state index contributed by atoms with van der Waals surface area (Å²) in [7, 11) is 1.38. The summed E-state index contributed by atoms with van der Waals surface area (Å²) in [5.41, 5.74) is 4.03. The van der Waals surface area contributed by atoms with Crippen LogP contribution >= 0.6 is 22.9 Å². The molecule has 2 aromatic heterocycles. The van der Waals surface area contributed by atoms with Crippen LogP contribution in [-0.4, -0.2) is 24.0 Å². The molecule has 1 atom stereocenters. The molecular formula is C28H25ClN2O3S. The Hall–Kier alpha value is -3.22. The number of anilines is 1. The number of fused-ring (bicyclic) bond motifs is 2. The van der Waals surface area contributed by atoms with E-state index >= 15 is 0 Å². The summed E-state index contributed by atoms with van der Waals surface area (Å²) in [5.74, 6) is -0.116. The Labute approximate surface area is 213 Å². The molecule has 2 aromatic carbocycles. The van der Waals surface area contributed by atoms with Gasteiger partial charge in [-0.1, -0.05) is 61.3 Å². The molecule has 1 aliphatic rings. The highest BCUT2D eigenvalue weighted by Gasteiger charge is 2.30. The van der Waals surface area contributed by atoms with Crippen molar-refractivity contribution in [3.63, 3.8) is 0 Å². The SMILES string of the molecule is CC[C@@H]1CCc2c(sc(NC(=O)c3cc(-c4ccccc4Cl)nc4ccccc34)c2C(=O)OC)C1. The van der Waals surface area contributed by atoms with Crippen molar-refractivity contribution in [2.24, 2.45) is 5.92 Å². The van der Waals surface area contributed by atoms with E-state index in [0.29, 0.717) is 38.3 Å². The van der Waals surface area contributed by atoms with Crippen LogP contribution in [0, 0.1) is 5.92 Å². The van der Waals surface area contributed by atoms with Crippen molar-refractivity contribution in [1.82, 2.24) is 4.98 Å². The molecule has 0 aliphatic heterocycles. The van der Waals surface area contributed by atoms with E-state index < -0.39 is 5.97 Å². The molecule has 0 unspecified atom stereocenters. The van der Waals surface area contributed by atoms with Gasteiger partial charge in [0.05, 0.1) is 29.4 Å². The first-order valence-electron chi connectivity index (χ1n) is 11.7. The van der Waals surface area contributed by atoms with Crippen molar-refractivity contribution >= 4 is 50.7 Å². The average Bonchev–Trinajstić information content (AvgIpc) is 3.24. The molecule has 0 bridgehead atoms. The number of carbonyl (C=O) groups excluding carboxylic acids is 2. The lowest BCUT2D eigenvalue weighted by Crippen LogP contribution is -2.17.